The SMILES string of the molecule is CC(=O)Nc1ccc(Nc2ncc3ccc(-c4cnc5c(c4C)NCCO5)cc3n2)cc1C(F)(F)F. The van der Waals surface area contributed by atoms with Gasteiger partial charge in [-0.15, -0.1) is 0 Å². The van der Waals surface area contributed by atoms with Gasteiger partial charge >= 0.3 is 6.18 Å². The van der Waals surface area contributed by atoms with E-state index in [2.05, 4.69) is 30.9 Å². The summed E-state index contributed by atoms with van der Waals surface area (Å²) in [4.78, 5) is 24.4. The maximum absolute atomic E-state index is 13.5. The minimum absolute atomic E-state index is 0.132. The van der Waals surface area contributed by atoms with Crippen molar-refractivity contribution in [1.29, 1.82) is 0 Å². The quantitative estimate of drug-likeness (QED) is 0.343. The normalized spacial score (nSPS) is 12.9. The molecule has 0 atom stereocenters. The molecule has 0 saturated carbocycles. The smallest absolute Gasteiger partial charge is 0.418 e. The van der Waals surface area contributed by atoms with Crippen molar-refractivity contribution in [3.05, 3.63) is 59.9 Å². The Hall–Kier alpha value is -4.41. The molecule has 0 radical (unpaired) electrons. The van der Waals surface area contributed by atoms with Crippen LogP contribution in [0.3, 0.4) is 0 Å². The summed E-state index contributed by atoms with van der Waals surface area (Å²) in [7, 11) is 0. The van der Waals surface area contributed by atoms with Gasteiger partial charge in [0.1, 0.15) is 12.3 Å². The van der Waals surface area contributed by atoms with Crippen molar-refractivity contribution in [1.82, 2.24) is 15.0 Å². The fraction of sp³-hybridized carbons (Fsp3) is 0.200. The van der Waals surface area contributed by atoms with E-state index in [1.807, 2.05) is 25.1 Å². The van der Waals surface area contributed by atoms with Crippen molar-refractivity contribution >= 4 is 39.8 Å². The van der Waals surface area contributed by atoms with Gasteiger partial charge in [0.05, 0.1) is 16.8 Å². The zero-order valence-corrected chi connectivity index (χ0v) is 19.3. The fourth-order valence-electron chi connectivity index (χ4n) is 4.05. The van der Waals surface area contributed by atoms with Crippen molar-refractivity contribution < 1.29 is 22.7 Å². The highest BCUT2D eigenvalue weighted by Crippen LogP contribution is 2.38. The molecule has 5 rings (SSSR count). The Morgan fingerprint density at radius 3 is 2.72 bits per heavy atom. The van der Waals surface area contributed by atoms with Gasteiger partial charge < -0.3 is 20.7 Å². The number of anilines is 4. The van der Waals surface area contributed by atoms with Crippen molar-refractivity contribution in [2.45, 2.75) is 20.0 Å². The first kappa shape index (κ1) is 23.3. The molecular formula is C25H21F3N6O2. The van der Waals surface area contributed by atoms with Crippen molar-refractivity contribution in [3.63, 3.8) is 0 Å². The van der Waals surface area contributed by atoms with Gasteiger partial charge in [-0.05, 0) is 42.3 Å². The molecule has 3 heterocycles. The number of hydrogen-bond donors (Lipinski definition) is 3. The summed E-state index contributed by atoms with van der Waals surface area (Å²) in [6.07, 6.45) is -1.31. The molecule has 3 N–H and O–H groups in total. The number of aromatic nitrogens is 3. The highest BCUT2D eigenvalue weighted by Gasteiger charge is 2.34. The summed E-state index contributed by atoms with van der Waals surface area (Å²) in [6, 6.07) is 9.21. The van der Waals surface area contributed by atoms with E-state index in [1.165, 1.54) is 12.1 Å². The first-order valence-corrected chi connectivity index (χ1v) is 11.1. The molecule has 0 saturated heterocycles. The van der Waals surface area contributed by atoms with Crippen LogP contribution in [-0.4, -0.2) is 34.0 Å². The Morgan fingerprint density at radius 2 is 1.94 bits per heavy atom. The van der Waals surface area contributed by atoms with Gasteiger partial charge in [0.2, 0.25) is 17.7 Å². The van der Waals surface area contributed by atoms with Crippen molar-refractivity contribution in [2.24, 2.45) is 0 Å². The van der Waals surface area contributed by atoms with Crippen LogP contribution in [0, 0.1) is 6.92 Å². The zero-order valence-electron chi connectivity index (χ0n) is 19.3. The van der Waals surface area contributed by atoms with Crippen LogP contribution in [0.15, 0.2) is 48.8 Å². The number of carbonyl (C=O) groups is 1. The standard InChI is InChI=1S/C25H21F3N6O2/c1-13-18(12-30-23-22(13)29-7-8-36-23)15-3-4-16-11-31-24(34-21(16)9-15)33-17-5-6-20(32-14(2)35)19(10-17)25(26,27)28/h3-6,9-12,29H,7-8H2,1-2H3,(H,32,35)(H,31,33,34). The molecule has 0 fully saturated rings. The van der Waals surface area contributed by atoms with Gasteiger partial charge in [0.25, 0.3) is 0 Å². The second-order valence-corrected chi connectivity index (χ2v) is 8.28. The number of rotatable bonds is 4. The molecule has 184 valence electrons. The lowest BCUT2D eigenvalue weighted by Gasteiger charge is -2.21. The van der Waals surface area contributed by atoms with E-state index < -0.39 is 17.6 Å². The highest BCUT2D eigenvalue weighted by atomic mass is 19.4. The topological polar surface area (TPSA) is 101 Å². The Morgan fingerprint density at radius 1 is 1.11 bits per heavy atom. The number of nitrogens with zero attached hydrogens (tertiary/aromatic N) is 3. The molecule has 11 heteroatoms. The van der Waals surface area contributed by atoms with Crippen LogP contribution in [0.4, 0.5) is 36.2 Å². The molecule has 36 heavy (non-hydrogen) atoms. The number of fused-ring (bicyclic) bond motifs is 2. The predicted octanol–water partition coefficient (Wildman–Crippen LogP) is 5.53. The molecule has 2 aromatic heterocycles. The second-order valence-electron chi connectivity index (χ2n) is 8.28. The Kier molecular flexibility index (Phi) is 5.83. The molecule has 8 nitrogen and oxygen atoms in total. The van der Waals surface area contributed by atoms with E-state index in [1.54, 1.807) is 12.4 Å². The number of amides is 1. The number of halogens is 3. The molecule has 0 aliphatic carbocycles. The van der Waals surface area contributed by atoms with E-state index >= 15 is 0 Å². The van der Waals surface area contributed by atoms with E-state index in [0.717, 1.165) is 40.8 Å². The summed E-state index contributed by atoms with van der Waals surface area (Å²) in [5.41, 5.74) is 3.08. The number of benzene rings is 2. The molecule has 1 aliphatic rings. The second kappa shape index (κ2) is 8.99. The lowest BCUT2D eigenvalue weighted by molar-refractivity contribution is -0.136. The van der Waals surface area contributed by atoms with E-state index in [-0.39, 0.29) is 17.3 Å². The van der Waals surface area contributed by atoms with E-state index in [0.29, 0.717) is 24.5 Å². The number of hydrogen-bond acceptors (Lipinski definition) is 7. The third-order valence-electron chi connectivity index (χ3n) is 5.73. The Labute approximate surface area is 203 Å². The minimum atomic E-state index is -4.66. The molecular weight excluding hydrogens is 473 g/mol. The molecule has 1 amide bonds. The molecule has 1 aliphatic heterocycles. The van der Waals surface area contributed by atoms with Gasteiger partial charge in [-0.25, -0.2) is 15.0 Å². The Balaban J connectivity index is 1.48. The summed E-state index contributed by atoms with van der Waals surface area (Å²) in [6.45, 7) is 4.38. The minimum Gasteiger partial charge on any atom is -0.474 e. The highest BCUT2D eigenvalue weighted by molar-refractivity contribution is 5.90. The summed E-state index contributed by atoms with van der Waals surface area (Å²) in [5.74, 6) is 0.109. The third-order valence-corrected chi connectivity index (χ3v) is 5.73. The van der Waals surface area contributed by atoms with Crippen LogP contribution in [0.25, 0.3) is 22.0 Å². The average Bonchev–Trinajstić information content (AvgIpc) is 2.84. The summed E-state index contributed by atoms with van der Waals surface area (Å²) < 4.78 is 46.2. The average molecular weight is 494 g/mol. The van der Waals surface area contributed by atoms with Crippen LogP contribution in [0.1, 0.15) is 18.1 Å². The number of carbonyl (C=O) groups excluding carboxylic acids is 1. The molecule has 0 spiro atoms. The van der Waals surface area contributed by atoms with Gasteiger partial charge in [-0.1, -0.05) is 12.1 Å². The van der Waals surface area contributed by atoms with Crippen LogP contribution >= 0.6 is 0 Å². The lowest BCUT2D eigenvalue weighted by atomic mass is 10.00. The zero-order chi connectivity index (χ0) is 25.4. The fourth-order valence-corrected chi connectivity index (χ4v) is 4.05. The largest absolute Gasteiger partial charge is 0.474 e. The van der Waals surface area contributed by atoms with Gasteiger partial charge in [-0.2, -0.15) is 13.2 Å². The van der Waals surface area contributed by atoms with Crippen LogP contribution in [0.2, 0.25) is 0 Å². The van der Waals surface area contributed by atoms with E-state index in [9.17, 15) is 18.0 Å². The maximum Gasteiger partial charge on any atom is 0.418 e. The first-order valence-electron chi connectivity index (χ1n) is 11.1. The maximum atomic E-state index is 13.5. The predicted molar refractivity (Wildman–Crippen MR) is 131 cm³/mol. The lowest BCUT2D eigenvalue weighted by Crippen LogP contribution is -2.20. The van der Waals surface area contributed by atoms with Crippen molar-refractivity contribution in [3.8, 4) is 17.0 Å². The van der Waals surface area contributed by atoms with Crippen molar-refractivity contribution in [2.75, 3.05) is 29.1 Å². The molecule has 0 bridgehead atoms. The number of nitrogens with one attached hydrogen (secondary N) is 3. The Bertz CT molecular complexity index is 1490. The first-order chi connectivity index (χ1) is 17.2. The monoisotopic (exact) mass is 494 g/mol. The van der Waals surface area contributed by atoms with Crippen LogP contribution in [0.5, 0.6) is 5.88 Å². The van der Waals surface area contributed by atoms with Crippen LogP contribution < -0.4 is 20.7 Å². The van der Waals surface area contributed by atoms with Gasteiger partial charge in [0.15, 0.2) is 0 Å². The molecule has 0 unspecified atom stereocenters. The third kappa shape index (κ3) is 4.59. The van der Waals surface area contributed by atoms with E-state index in [4.69, 9.17) is 4.74 Å². The van der Waals surface area contributed by atoms with Gasteiger partial charge in [-0.3, -0.25) is 4.79 Å². The summed E-state index contributed by atoms with van der Waals surface area (Å²) in [5, 5.41) is 9.12. The number of pyridine rings is 1. The molecule has 2 aromatic carbocycles. The number of ether oxygens (including phenoxy) is 1. The van der Waals surface area contributed by atoms with Gasteiger partial charge in [0, 0.05) is 42.5 Å². The molecule has 4 aromatic rings. The summed E-state index contributed by atoms with van der Waals surface area (Å²) >= 11 is 0. The number of alkyl halides is 3. The van der Waals surface area contributed by atoms with Crippen LogP contribution in [-0.2, 0) is 11.0 Å².